The molecule has 0 bridgehead atoms. The maximum Gasteiger partial charge on any atom is 0.0954 e. The van der Waals surface area contributed by atoms with E-state index in [0.717, 1.165) is 16.4 Å². The molecule has 2 rings (SSSR count). The van der Waals surface area contributed by atoms with E-state index in [1.807, 2.05) is 66.5 Å². The van der Waals surface area contributed by atoms with Crippen LogP contribution < -0.4 is 4.90 Å². The number of benzene rings is 2. The Morgan fingerprint density at radius 3 is 2.53 bits per heavy atom. The summed E-state index contributed by atoms with van der Waals surface area (Å²) in [6.07, 6.45) is 1.78. The molecule has 0 saturated carbocycles. The summed E-state index contributed by atoms with van der Waals surface area (Å²) in [6.45, 7) is 0. The van der Waals surface area contributed by atoms with E-state index in [1.54, 1.807) is 6.34 Å². The molecule has 0 aromatic heterocycles. The van der Waals surface area contributed by atoms with Gasteiger partial charge in [0.1, 0.15) is 0 Å². The number of hydrogen-bond donors (Lipinski definition) is 0. The molecule has 3 heteroatoms. The molecule has 17 heavy (non-hydrogen) atoms. The molecular weight excluding hydrogens is 232 g/mol. The second-order valence-corrected chi connectivity index (χ2v) is 4.11. The Kier molecular flexibility index (Phi) is 3.78. The molecule has 0 aliphatic rings. The molecule has 0 aliphatic carbocycles. The van der Waals surface area contributed by atoms with Crippen LogP contribution in [-0.4, -0.2) is 13.4 Å². The van der Waals surface area contributed by atoms with Gasteiger partial charge in [0.2, 0.25) is 0 Å². The van der Waals surface area contributed by atoms with E-state index in [9.17, 15) is 0 Å². The molecule has 0 amide bonds. The van der Waals surface area contributed by atoms with Crippen molar-refractivity contribution in [3.8, 4) is 0 Å². The SMILES string of the molecule is CN(C=Nc1ccccc1)c1cccc(Cl)c1. The number of nitrogens with zero attached hydrogens (tertiary/aromatic N) is 2. The van der Waals surface area contributed by atoms with Crippen molar-refractivity contribution in [3.05, 3.63) is 59.6 Å². The molecular formula is C14H13ClN2. The number of anilines is 1. The molecule has 0 atom stereocenters. The number of hydrogen-bond acceptors (Lipinski definition) is 1. The lowest BCUT2D eigenvalue weighted by Crippen LogP contribution is -2.13. The van der Waals surface area contributed by atoms with Gasteiger partial charge >= 0.3 is 0 Å². The van der Waals surface area contributed by atoms with Crippen molar-refractivity contribution in [1.29, 1.82) is 0 Å². The molecule has 0 unspecified atom stereocenters. The van der Waals surface area contributed by atoms with E-state index >= 15 is 0 Å². The number of para-hydroxylation sites is 1. The van der Waals surface area contributed by atoms with Crippen molar-refractivity contribution >= 4 is 29.3 Å². The Hall–Kier alpha value is -1.80. The Morgan fingerprint density at radius 1 is 1.06 bits per heavy atom. The van der Waals surface area contributed by atoms with Crippen LogP contribution in [0.15, 0.2) is 59.6 Å². The fourth-order valence-corrected chi connectivity index (χ4v) is 1.61. The van der Waals surface area contributed by atoms with Gasteiger partial charge in [-0.25, -0.2) is 4.99 Å². The summed E-state index contributed by atoms with van der Waals surface area (Å²) in [5, 5.41) is 0.725. The van der Waals surface area contributed by atoms with Gasteiger partial charge < -0.3 is 4.90 Å². The van der Waals surface area contributed by atoms with Gasteiger partial charge in [0.15, 0.2) is 0 Å². The Balaban J connectivity index is 2.12. The molecule has 0 aliphatic heterocycles. The third kappa shape index (κ3) is 3.33. The molecule has 0 heterocycles. The van der Waals surface area contributed by atoms with E-state index in [-0.39, 0.29) is 0 Å². The molecule has 2 aromatic carbocycles. The minimum absolute atomic E-state index is 0.725. The first-order valence-electron chi connectivity index (χ1n) is 5.33. The summed E-state index contributed by atoms with van der Waals surface area (Å²) in [7, 11) is 1.94. The minimum atomic E-state index is 0.725. The highest BCUT2D eigenvalue weighted by Crippen LogP contribution is 2.18. The van der Waals surface area contributed by atoms with Crippen LogP contribution in [0.3, 0.4) is 0 Å². The molecule has 2 nitrogen and oxygen atoms in total. The van der Waals surface area contributed by atoms with Gasteiger partial charge in [0, 0.05) is 17.8 Å². The minimum Gasteiger partial charge on any atom is -0.335 e. The first-order chi connectivity index (χ1) is 8.25. The van der Waals surface area contributed by atoms with Crippen LogP contribution in [0.4, 0.5) is 11.4 Å². The van der Waals surface area contributed by atoms with Crippen LogP contribution in [0, 0.1) is 0 Å². The van der Waals surface area contributed by atoms with Gasteiger partial charge in [-0.1, -0.05) is 35.9 Å². The monoisotopic (exact) mass is 244 g/mol. The largest absolute Gasteiger partial charge is 0.335 e. The molecule has 0 N–H and O–H groups in total. The first kappa shape index (κ1) is 11.7. The topological polar surface area (TPSA) is 15.6 Å². The van der Waals surface area contributed by atoms with Crippen LogP contribution in [-0.2, 0) is 0 Å². The van der Waals surface area contributed by atoms with E-state index in [2.05, 4.69) is 4.99 Å². The maximum absolute atomic E-state index is 5.93. The molecule has 0 spiro atoms. The van der Waals surface area contributed by atoms with Crippen molar-refractivity contribution in [2.45, 2.75) is 0 Å². The highest BCUT2D eigenvalue weighted by atomic mass is 35.5. The Morgan fingerprint density at radius 2 is 1.82 bits per heavy atom. The molecule has 0 radical (unpaired) electrons. The standard InChI is InChI=1S/C14H13ClN2/c1-17(14-9-5-6-12(15)10-14)11-16-13-7-3-2-4-8-13/h2-11H,1H3. The van der Waals surface area contributed by atoms with Gasteiger partial charge in [0.05, 0.1) is 12.0 Å². The normalized spacial score (nSPS) is 10.7. The Bertz CT molecular complexity index is 509. The summed E-state index contributed by atoms with van der Waals surface area (Å²) in [5.41, 5.74) is 1.94. The van der Waals surface area contributed by atoms with Crippen LogP contribution in [0.2, 0.25) is 5.02 Å². The van der Waals surface area contributed by atoms with E-state index in [1.165, 1.54) is 0 Å². The fourth-order valence-electron chi connectivity index (χ4n) is 1.43. The summed E-state index contributed by atoms with van der Waals surface area (Å²) < 4.78 is 0. The second-order valence-electron chi connectivity index (χ2n) is 3.67. The maximum atomic E-state index is 5.93. The average molecular weight is 245 g/mol. The van der Waals surface area contributed by atoms with Crippen LogP contribution in [0.5, 0.6) is 0 Å². The quantitative estimate of drug-likeness (QED) is 0.585. The molecule has 0 fully saturated rings. The smallest absolute Gasteiger partial charge is 0.0954 e. The van der Waals surface area contributed by atoms with Crippen LogP contribution in [0.25, 0.3) is 0 Å². The van der Waals surface area contributed by atoms with Crippen molar-refractivity contribution < 1.29 is 0 Å². The van der Waals surface area contributed by atoms with Gasteiger partial charge in [0.25, 0.3) is 0 Å². The predicted molar refractivity (Wildman–Crippen MR) is 74.4 cm³/mol. The average Bonchev–Trinajstić information content (AvgIpc) is 2.37. The van der Waals surface area contributed by atoms with E-state index in [0.29, 0.717) is 0 Å². The highest BCUT2D eigenvalue weighted by Gasteiger charge is 1.97. The van der Waals surface area contributed by atoms with Crippen LogP contribution in [0.1, 0.15) is 0 Å². The predicted octanol–water partition coefficient (Wildman–Crippen LogP) is 4.14. The van der Waals surface area contributed by atoms with Gasteiger partial charge in [-0.05, 0) is 30.3 Å². The summed E-state index contributed by atoms with van der Waals surface area (Å²) in [4.78, 5) is 6.30. The van der Waals surface area contributed by atoms with Gasteiger partial charge in [-0.3, -0.25) is 0 Å². The third-order valence-corrected chi connectivity index (χ3v) is 2.59. The van der Waals surface area contributed by atoms with Crippen LogP contribution >= 0.6 is 11.6 Å². The lowest BCUT2D eigenvalue weighted by molar-refractivity contribution is 1.28. The zero-order valence-electron chi connectivity index (χ0n) is 9.55. The van der Waals surface area contributed by atoms with E-state index < -0.39 is 0 Å². The lowest BCUT2D eigenvalue weighted by Gasteiger charge is -2.13. The second kappa shape index (κ2) is 5.51. The summed E-state index contributed by atoms with van der Waals surface area (Å²) in [5.74, 6) is 0. The third-order valence-electron chi connectivity index (χ3n) is 2.35. The zero-order chi connectivity index (χ0) is 12.1. The molecule has 0 saturated heterocycles. The molecule has 2 aromatic rings. The summed E-state index contributed by atoms with van der Waals surface area (Å²) in [6, 6.07) is 17.5. The first-order valence-corrected chi connectivity index (χ1v) is 5.71. The van der Waals surface area contributed by atoms with Gasteiger partial charge in [-0.2, -0.15) is 0 Å². The van der Waals surface area contributed by atoms with Gasteiger partial charge in [-0.15, -0.1) is 0 Å². The number of halogens is 1. The van der Waals surface area contributed by atoms with Crippen molar-refractivity contribution in [3.63, 3.8) is 0 Å². The highest BCUT2D eigenvalue weighted by molar-refractivity contribution is 6.30. The number of aliphatic imine (C=N–C) groups is 1. The fraction of sp³-hybridized carbons (Fsp3) is 0.0714. The Labute approximate surface area is 106 Å². The van der Waals surface area contributed by atoms with Crippen molar-refractivity contribution in [2.75, 3.05) is 11.9 Å². The molecule has 86 valence electrons. The van der Waals surface area contributed by atoms with E-state index in [4.69, 9.17) is 11.6 Å². The van der Waals surface area contributed by atoms with Crippen molar-refractivity contribution in [1.82, 2.24) is 0 Å². The zero-order valence-corrected chi connectivity index (χ0v) is 10.3. The number of rotatable bonds is 3. The summed E-state index contributed by atoms with van der Waals surface area (Å²) >= 11 is 5.93. The van der Waals surface area contributed by atoms with Crippen molar-refractivity contribution in [2.24, 2.45) is 4.99 Å². The lowest BCUT2D eigenvalue weighted by atomic mass is 10.3.